The van der Waals surface area contributed by atoms with E-state index in [-0.39, 0.29) is 0 Å². The quantitative estimate of drug-likeness (QED) is 0.687. The molecule has 2 atom stereocenters. The van der Waals surface area contributed by atoms with Crippen molar-refractivity contribution in [3.8, 4) is 0 Å². The Hall–Kier alpha value is -0.860. The van der Waals surface area contributed by atoms with Gasteiger partial charge in [0.25, 0.3) is 0 Å². The molecular weight excluding hydrogens is 256 g/mol. The first-order valence-electron chi connectivity index (χ1n) is 8.62. The summed E-state index contributed by atoms with van der Waals surface area (Å²) in [5, 5.41) is 3.72. The van der Waals surface area contributed by atoms with Crippen molar-refractivity contribution in [2.45, 2.75) is 53.5 Å². The molecule has 0 spiro atoms. The molecule has 0 aliphatic carbocycles. The summed E-state index contributed by atoms with van der Waals surface area (Å²) in [5.74, 6) is 0.773. The summed E-state index contributed by atoms with van der Waals surface area (Å²) in [5.41, 5.74) is 2.75. The van der Waals surface area contributed by atoms with Gasteiger partial charge in [0, 0.05) is 19.1 Å². The fourth-order valence-electron chi connectivity index (χ4n) is 2.57. The molecule has 0 heterocycles. The molecule has 0 aromatic heterocycles. The van der Waals surface area contributed by atoms with E-state index in [0.717, 1.165) is 25.6 Å². The monoisotopic (exact) mass is 290 g/mol. The van der Waals surface area contributed by atoms with Crippen LogP contribution in [-0.2, 0) is 0 Å². The molecule has 0 saturated heterocycles. The highest BCUT2D eigenvalue weighted by Crippen LogP contribution is 2.17. The zero-order valence-corrected chi connectivity index (χ0v) is 14.7. The molecule has 1 aromatic rings. The maximum Gasteiger partial charge on any atom is 0.0449 e. The molecule has 2 unspecified atom stereocenters. The second-order valence-electron chi connectivity index (χ2n) is 6.28. The molecule has 1 aromatic carbocycles. The number of hydrogen-bond acceptors (Lipinski definition) is 2. The summed E-state index contributed by atoms with van der Waals surface area (Å²) in [6.07, 6.45) is 2.44. The Bertz CT molecular complexity index is 372. The van der Waals surface area contributed by atoms with Crippen LogP contribution >= 0.6 is 0 Å². The number of hydrogen-bond donors (Lipinski definition) is 1. The highest BCUT2D eigenvalue weighted by molar-refractivity contribution is 5.24. The van der Waals surface area contributed by atoms with Gasteiger partial charge in [-0.2, -0.15) is 0 Å². The van der Waals surface area contributed by atoms with E-state index in [1.807, 2.05) is 0 Å². The average Bonchev–Trinajstić information content (AvgIpc) is 2.50. The Kier molecular flexibility index (Phi) is 8.63. The van der Waals surface area contributed by atoms with Crippen LogP contribution in [0.15, 0.2) is 24.3 Å². The summed E-state index contributed by atoms with van der Waals surface area (Å²) in [6.45, 7) is 15.8. The topological polar surface area (TPSA) is 15.3 Å². The molecule has 21 heavy (non-hydrogen) atoms. The summed E-state index contributed by atoms with van der Waals surface area (Å²) >= 11 is 0. The average molecular weight is 290 g/mol. The minimum absolute atomic E-state index is 0.439. The van der Waals surface area contributed by atoms with Crippen molar-refractivity contribution in [3.63, 3.8) is 0 Å². The van der Waals surface area contributed by atoms with Gasteiger partial charge in [-0.05, 0) is 37.9 Å². The number of aryl methyl sites for hydroxylation is 1. The minimum atomic E-state index is 0.439. The van der Waals surface area contributed by atoms with E-state index >= 15 is 0 Å². The third-order valence-electron chi connectivity index (χ3n) is 4.28. The van der Waals surface area contributed by atoms with Gasteiger partial charge in [0.05, 0.1) is 0 Å². The van der Waals surface area contributed by atoms with E-state index in [9.17, 15) is 0 Å². The number of nitrogens with zero attached hydrogens (tertiary/aromatic N) is 1. The summed E-state index contributed by atoms with van der Waals surface area (Å²) in [7, 11) is 0. The summed E-state index contributed by atoms with van der Waals surface area (Å²) in [6, 6.07) is 9.44. The van der Waals surface area contributed by atoms with E-state index in [1.165, 1.54) is 30.5 Å². The first-order valence-corrected chi connectivity index (χ1v) is 8.62. The van der Waals surface area contributed by atoms with E-state index in [2.05, 4.69) is 69.1 Å². The number of rotatable bonds is 10. The van der Waals surface area contributed by atoms with Gasteiger partial charge in [-0.15, -0.1) is 0 Å². The van der Waals surface area contributed by atoms with E-state index in [4.69, 9.17) is 0 Å². The summed E-state index contributed by atoms with van der Waals surface area (Å²) in [4.78, 5) is 2.58. The molecule has 1 N–H and O–H groups in total. The van der Waals surface area contributed by atoms with Gasteiger partial charge in [-0.3, -0.25) is 0 Å². The second-order valence-corrected chi connectivity index (χ2v) is 6.28. The number of nitrogens with one attached hydrogen (secondary N) is 1. The van der Waals surface area contributed by atoms with Crippen molar-refractivity contribution in [2.75, 3.05) is 26.2 Å². The van der Waals surface area contributed by atoms with Crippen LogP contribution < -0.4 is 5.32 Å². The van der Waals surface area contributed by atoms with Gasteiger partial charge in [0.2, 0.25) is 0 Å². The largest absolute Gasteiger partial charge is 0.309 e. The van der Waals surface area contributed by atoms with Crippen LogP contribution in [-0.4, -0.2) is 31.1 Å². The van der Waals surface area contributed by atoms with E-state index in [0.29, 0.717) is 6.04 Å². The molecule has 2 nitrogen and oxygen atoms in total. The van der Waals surface area contributed by atoms with Crippen LogP contribution in [0.4, 0.5) is 0 Å². The van der Waals surface area contributed by atoms with Crippen molar-refractivity contribution in [2.24, 2.45) is 5.92 Å². The lowest BCUT2D eigenvalue weighted by atomic mass is 10.0. The Morgan fingerprint density at radius 1 is 1.05 bits per heavy atom. The Morgan fingerprint density at radius 3 is 2.24 bits per heavy atom. The van der Waals surface area contributed by atoms with Gasteiger partial charge in [0.15, 0.2) is 0 Å². The third-order valence-corrected chi connectivity index (χ3v) is 4.28. The van der Waals surface area contributed by atoms with Crippen molar-refractivity contribution in [1.82, 2.24) is 10.2 Å². The van der Waals surface area contributed by atoms with Gasteiger partial charge in [-0.25, -0.2) is 0 Å². The molecule has 0 bridgehead atoms. The Balaban J connectivity index is 2.73. The van der Waals surface area contributed by atoms with E-state index < -0.39 is 0 Å². The second kappa shape index (κ2) is 9.97. The van der Waals surface area contributed by atoms with Crippen molar-refractivity contribution >= 4 is 0 Å². The van der Waals surface area contributed by atoms with Gasteiger partial charge in [0.1, 0.15) is 0 Å². The smallest absolute Gasteiger partial charge is 0.0449 e. The highest BCUT2D eigenvalue weighted by Gasteiger charge is 2.16. The van der Waals surface area contributed by atoms with E-state index in [1.54, 1.807) is 0 Å². The zero-order chi connectivity index (χ0) is 15.7. The van der Waals surface area contributed by atoms with Crippen molar-refractivity contribution in [3.05, 3.63) is 35.4 Å². The number of likely N-dealkylation sites (N-methyl/N-ethyl adjacent to an activating group) is 1. The van der Waals surface area contributed by atoms with Crippen molar-refractivity contribution in [1.29, 1.82) is 0 Å². The predicted octanol–water partition coefficient (Wildman–Crippen LogP) is 4.40. The lowest BCUT2D eigenvalue weighted by Crippen LogP contribution is -2.37. The van der Waals surface area contributed by atoms with Crippen LogP contribution in [0.5, 0.6) is 0 Å². The van der Waals surface area contributed by atoms with Crippen LogP contribution in [0, 0.1) is 12.8 Å². The van der Waals surface area contributed by atoms with Crippen LogP contribution in [0.1, 0.15) is 57.7 Å². The standard InChI is InChI=1S/C19H34N2/c1-6-13-20-19(18-11-9-17(5)10-12-18)15-21(8-3)14-16(4)7-2/h9-12,16,19-20H,6-8,13-15H2,1-5H3. The number of benzene rings is 1. The Labute approximate surface area is 131 Å². The molecule has 0 aliphatic rings. The van der Waals surface area contributed by atoms with Crippen LogP contribution in [0.3, 0.4) is 0 Å². The molecule has 0 amide bonds. The maximum absolute atomic E-state index is 3.72. The zero-order valence-electron chi connectivity index (χ0n) is 14.7. The molecule has 0 aliphatic heterocycles. The first kappa shape index (κ1) is 18.2. The SMILES string of the molecule is CCCNC(CN(CC)CC(C)CC)c1ccc(C)cc1. The molecular formula is C19H34N2. The molecule has 1 rings (SSSR count). The van der Waals surface area contributed by atoms with Crippen LogP contribution in [0.2, 0.25) is 0 Å². The van der Waals surface area contributed by atoms with Crippen molar-refractivity contribution < 1.29 is 0 Å². The Morgan fingerprint density at radius 2 is 1.71 bits per heavy atom. The lowest BCUT2D eigenvalue weighted by Gasteiger charge is -2.29. The van der Waals surface area contributed by atoms with Gasteiger partial charge in [-0.1, -0.05) is 63.9 Å². The maximum atomic E-state index is 3.72. The highest BCUT2D eigenvalue weighted by atomic mass is 15.1. The molecule has 0 saturated carbocycles. The van der Waals surface area contributed by atoms with Gasteiger partial charge >= 0.3 is 0 Å². The normalized spacial score (nSPS) is 14.4. The predicted molar refractivity (Wildman–Crippen MR) is 93.8 cm³/mol. The van der Waals surface area contributed by atoms with Crippen LogP contribution in [0.25, 0.3) is 0 Å². The molecule has 0 radical (unpaired) electrons. The third kappa shape index (κ3) is 6.62. The first-order chi connectivity index (χ1) is 10.1. The fourth-order valence-corrected chi connectivity index (χ4v) is 2.57. The lowest BCUT2D eigenvalue weighted by molar-refractivity contribution is 0.220. The summed E-state index contributed by atoms with van der Waals surface area (Å²) < 4.78 is 0. The molecule has 2 heteroatoms. The fraction of sp³-hybridized carbons (Fsp3) is 0.684. The van der Waals surface area contributed by atoms with Gasteiger partial charge < -0.3 is 10.2 Å². The minimum Gasteiger partial charge on any atom is -0.309 e. The molecule has 0 fully saturated rings. The molecule has 120 valence electrons.